The molecule has 3 rings (SSSR count). The number of aromatic nitrogens is 3. The number of hydrogen-bond acceptors (Lipinski definition) is 5. The van der Waals surface area contributed by atoms with Crippen molar-refractivity contribution in [2.24, 2.45) is 0 Å². The van der Waals surface area contributed by atoms with E-state index < -0.39 is 0 Å². The Bertz CT molecular complexity index is 796. The third-order valence-corrected chi connectivity index (χ3v) is 4.45. The molecule has 1 aromatic carbocycles. The number of thioether (sulfide) groups is 1. The molecule has 0 aliphatic heterocycles. The Morgan fingerprint density at radius 1 is 1.25 bits per heavy atom. The molecule has 124 valence electrons. The number of nitrogens with one attached hydrogen (secondary N) is 1. The molecule has 24 heavy (non-hydrogen) atoms. The summed E-state index contributed by atoms with van der Waals surface area (Å²) >= 11 is 1.57. The maximum atomic E-state index is 12.5. The molecule has 6 nitrogen and oxygen atoms in total. The molecule has 3 aromatic rings. The van der Waals surface area contributed by atoms with Crippen LogP contribution in [-0.2, 0) is 12.3 Å². The predicted octanol–water partition coefficient (Wildman–Crippen LogP) is 3.27. The molecule has 0 spiro atoms. The molecule has 0 saturated heterocycles. The summed E-state index contributed by atoms with van der Waals surface area (Å²) in [6.45, 7) is 2.34. The van der Waals surface area contributed by atoms with Gasteiger partial charge >= 0.3 is 0 Å². The summed E-state index contributed by atoms with van der Waals surface area (Å²) in [7, 11) is 1.77. The molecule has 0 saturated carbocycles. The second kappa shape index (κ2) is 7.35. The molecule has 7 heteroatoms. The standard InChI is InChI=1S/C17H18N4O2S/c1-12-3-8-15(23-12)9-21(2)16(22)14-6-4-13(5-7-14)10-24-17-18-11-19-20-17/h3-8,11H,9-10H2,1-2H3,(H,18,19,20). The van der Waals surface area contributed by atoms with E-state index in [1.807, 2.05) is 43.3 Å². The zero-order valence-corrected chi connectivity index (χ0v) is 14.3. The third kappa shape index (κ3) is 4.05. The molecule has 2 heterocycles. The highest BCUT2D eigenvalue weighted by atomic mass is 32.2. The quantitative estimate of drug-likeness (QED) is 0.696. The fourth-order valence-corrected chi connectivity index (χ4v) is 2.99. The first-order valence-corrected chi connectivity index (χ1v) is 8.48. The lowest BCUT2D eigenvalue weighted by atomic mass is 10.1. The van der Waals surface area contributed by atoms with Crippen LogP contribution in [-0.4, -0.2) is 33.0 Å². The van der Waals surface area contributed by atoms with Crippen LogP contribution in [0.4, 0.5) is 0 Å². The van der Waals surface area contributed by atoms with Crippen LogP contribution in [0.25, 0.3) is 0 Å². The summed E-state index contributed by atoms with van der Waals surface area (Å²) in [5, 5.41) is 7.40. The van der Waals surface area contributed by atoms with Crippen LogP contribution in [0.5, 0.6) is 0 Å². The molecule has 0 aliphatic rings. The number of furan rings is 1. The van der Waals surface area contributed by atoms with Gasteiger partial charge in [-0.05, 0) is 36.8 Å². The first kappa shape index (κ1) is 16.3. The van der Waals surface area contributed by atoms with Gasteiger partial charge in [0.1, 0.15) is 17.8 Å². The van der Waals surface area contributed by atoms with Crippen molar-refractivity contribution in [2.45, 2.75) is 24.4 Å². The molecule has 0 bridgehead atoms. The molecule has 0 fully saturated rings. The number of aromatic amines is 1. The van der Waals surface area contributed by atoms with Crippen molar-refractivity contribution >= 4 is 17.7 Å². The van der Waals surface area contributed by atoms with Crippen LogP contribution < -0.4 is 0 Å². The van der Waals surface area contributed by atoms with Crippen molar-refractivity contribution in [2.75, 3.05) is 7.05 Å². The zero-order valence-electron chi connectivity index (χ0n) is 13.5. The minimum Gasteiger partial charge on any atom is -0.464 e. The first-order valence-electron chi connectivity index (χ1n) is 7.49. The van der Waals surface area contributed by atoms with Crippen LogP contribution in [0.3, 0.4) is 0 Å². The highest BCUT2D eigenvalue weighted by Crippen LogP contribution is 2.19. The molecule has 0 aliphatic carbocycles. The summed E-state index contributed by atoms with van der Waals surface area (Å²) in [5.41, 5.74) is 1.78. The van der Waals surface area contributed by atoms with Gasteiger partial charge < -0.3 is 9.32 Å². The number of aryl methyl sites for hydroxylation is 1. The number of amides is 1. The first-order chi connectivity index (χ1) is 11.6. The van der Waals surface area contributed by atoms with Gasteiger partial charge in [-0.15, -0.1) is 0 Å². The van der Waals surface area contributed by atoms with E-state index in [0.29, 0.717) is 12.1 Å². The van der Waals surface area contributed by atoms with Gasteiger partial charge in [-0.3, -0.25) is 9.89 Å². The Labute approximate surface area is 144 Å². The number of carbonyl (C=O) groups excluding carboxylic acids is 1. The maximum absolute atomic E-state index is 12.5. The molecule has 2 aromatic heterocycles. The lowest BCUT2D eigenvalue weighted by molar-refractivity contribution is 0.0775. The second-order valence-corrected chi connectivity index (χ2v) is 6.41. The molecular weight excluding hydrogens is 324 g/mol. The highest BCUT2D eigenvalue weighted by molar-refractivity contribution is 7.98. The number of carbonyl (C=O) groups is 1. The summed E-state index contributed by atoms with van der Waals surface area (Å²) in [5.74, 6) is 2.37. The monoisotopic (exact) mass is 342 g/mol. The number of rotatable bonds is 6. The van der Waals surface area contributed by atoms with Crippen LogP contribution in [0.2, 0.25) is 0 Å². The maximum Gasteiger partial charge on any atom is 0.254 e. The smallest absolute Gasteiger partial charge is 0.254 e. The van der Waals surface area contributed by atoms with E-state index in [1.54, 1.807) is 23.7 Å². The largest absolute Gasteiger partial charge is 0.464 e. The minimum atomic E-state index is -0.0292. The van der Waals surface area contributed by atoms with Gasteiger partial charge in [-0.1, -0.05) is 23.9 Å². The zero-order chi connectivity index (χ0) is 16.9. The van der Waals surface area contributed by atoms with Crippen molar-refractivity contribution in [1.29, 1.82) is 0 Å². The molecule has 1 amide bonds. The average Bonchev–Trinajstić information content (AvgIpc) is 3.24. The van der Waals surface area contributed by atoms with E-state index in [9.17, 15) is 4.79 Å². The van der Waals surface area contributed by atoms with Crippen molar-refractivity contribution < 1.29 is 9.21 Å². The van der Waals surface area contributed by atoms with Crippen molar-refractivity contribution in [3.05, 3.63) is 65.4 Å². The van der Waals surface area contributed by atoms with E-state index in [4.69, 9.17) is 4.42 Å². The number of nitrogens with zero attached hydrogens (tertiary/aromatic N) is 3. The van der Waals surface area contributed by atoms with E-state index in [1.165, 1.54) is 6.33 Å². The highest BCUT2D eigenvalue weighted by Gasteiger charge is 2.13. The minimum absolute atomic E-state index is 0.0292. The Kier molecular flexibility index (Phi) is 5.00. The van der Waals surface area contributed by atoms with Gasteiger partial charge in [0.15, 0.2) is 5.16 Å². The van der Waals surface area contributed by atoms with Crippen LogP contribution >= 0.6 is 11.8 Å². The molecule has 0 atom stereocenters. The van der Waals surface area contributed by atoms with Gasteiger partial charge in [0, 0.05) is 18.4 Å². The molecule has 0 unspecified atom stereocenters. The fraction of sp³-hybridized carbons (Fsp3) is 0.235. The SMILES string of the molecule is Cc1ccc(CN(C)C(=O)c2ccc(CSc3ncn[nH]3)cc2)o1. The summed E-state index contributed by atoms with van der Waals surface area (Å²) < 4.78 is 5.52. The Hall–Kier alpha value is -2.54. The molecule has 1 N–H and O–H groups in total. The van der Waals surface area contributed by atoms with Gasteiger partial charge in [0.05, 0.1) is 6.54 Å². The van der Waals surface area contributed by atoms with Crippen LogP contribution in [0.15, 0.2) is 52.3 Å². The van der Waals surface area contributed by atoms with Crippen molar-refractivity contribution in [1.82, 2.24) is 20.1 Å². The predicted molar refractivity (Wildman–Crippen MR) is 91.6 cm³/mol. The summed E-state index contributed by atoms with van der Waals surface area (Å²) in [6.07, 6.45) is 1.49. The van der Waals surface area contributed by atoms with Crippen LogP contribution in [0.1, 0.15) is 27.4 Å². The van der Waals surface area contributed by atoms with Gasteiger partial charge in [-0.2, -0.15) is 5.10 Å². The number of hydrogen-bond donors (Lipinski definition) is 1. The molecular formula is C17H18N4O2S. The average molecular weight is 342 g/mol. The van der Waals surface area contributed by atoms with Gasteiger partial charge in [0.25, 0.3) is 5.91 Å². The lowest BCUT2D eigenvalue weighted by Gasteiger charge is -2.16. The second-order valence-electron chi connectivity index (χ2n) is 5.45. The van der Waals surface area contributed by atoms with E-state index in [2.05, 4.69) is 15.2 Å². The third-order valence-electron chi connectivity index (χ3n) is 3.51. The van der Waals surface area contributed by atoms with Crippen molar-refractivity contribution in [3.8, 4) is 0 Å². The topological polar surface area (TPSA) is 75.0 Å². The fourth-order valence-electron chi connectivity index (χ4n) is 2.26. The molecule has 0 radical (unpaired) electrons. The van der Waals surface area contributed by atoms with Gasteiger partial charge in [-0.25, -0.2) is 4.98 Å². The summed E-state index contributed by atoms with van der Waals surface area (Å²) in [4.78, 5) is 18.2. The lowest BCUT2D eigenvalue weighted by Crippen LogP contribution is -2.25. The van der Waals surface area contributed by atoms with Crippen LogP contribution in [0, 0.1) is 6.92 Å². The van der Waals surface area contributed by atoms with Gasteiger partial charge in [0.2, 0.25) is 0 Å². The Morgan fingerprint density at radius 2 is 2.04 bits per heavy atom. The van der Waals surface area contributed by atoms with E-state index in [0.717, 1.165) is 28.0 Å². The van der Waals surface area contributed by atoms with E-state index in [-0.39, 0.29) is 5.91 Å². The summed E-state index contributed by atoms with van der Waals surface area (Å²) in [6, 6.07) is 11.4. The Morgan fingerprint density at radius 3 is 2.67 bits per heavy atom. The Balaban J connectivity index is 1.58. The van der Waals surface area contributed by atoms with Crippen molar-refractivity contribution in [3.63, 3.8) is 0 Å². The normalized spacial score (nSPS) is 10.8. The number of H-pyrrole nitrogens is 1. The van der Waals surface area contributed by atoms with E-state index >= 15 is 0 Å². The number of benzene rings is 1.